The first-order valence-electron chi connectivity index (χ1n) is 6.74. The molecule has 2 aliphatic carbocycles. The Kier molecular flexibility index (Phi) is 3.45. The normalized spacial score (nSPS) is 20.2. The van der Waals surface area contributed by atoms with Crippen molar-refractivity contribution in [1.29, 1.82) is 0 Å². The zero-order valence-corrected chi connectivity index (χ0v) is 12.6. The molecule has 6 heteroatoms. The lowest BCUT2D eigenvalue weighted by molar-refractivity contribution is 0.285. The third kappa shape index (κ3) is 2.86. The molecule has 0 aliphatic heterocycles. The van der Waals surface area contributed by atoms with Gasteiger partial charge < -0.3 is 5.11 Å². The molecular formula is C13H19NO3S2. The summed E-state index contributed by atoms with van der Waals surface area (Å²) in [6.45, 7) is 1.74. The van der Waals surface area contributed by atoms with E-state index in [9.17, 15) is 13.5 Å². The van der Waals surface area contributed by atoms with Crippen molar-refractivity contribution < 1.29 is 13.5 Å². The predicted molar refractivity (Wildman–Crippen MR) is 74.5 cm³/mol. The van der Waals surface area contributed by atoms with Crippen LogP contribution in [0.1, 0.15) is 36.1 Å². The minimum absolute atomic E-state index is 0.0965. The van der Waals surface area contributed by atoms with Gasteiger partial charge in [0.05, 0.1) is 6.61 Å². The SMILES string of the molecule is Cc1cc(S(=O)(=O)NC(C2CC2)C2CC2)sc1CO. The van der Waals surface area contributed by atoms with Gasteiger partial charge in [-0.05, 0) is 56.1 Å². The highest BCUT2D eigenvalue weighted by atomic mass is 32.2. The Morgan fingerprint density at radius 1 is 1.37 bits per heavy atom. The fourth-order valence-corrected chi connectivity index (χ4v) is 5.34. The number of aliphatic hydroxyl groups is 1. The molecule has 0 bridgehead atoms. The highest BCUT2D eigenvalue weighted by Gasteiger charge is 2.43. The number of hydrogen-bond donors (Lipinski definition) is 2. The van der Waals surface area contributed by atoms with Gasteiger partial charge in [-0.2, -0.15) is 0 Å². The summed E-state index contributed by atoms with van der Waals surface area (Å²) >= 11 is 1.17. The molecule has 2 fully saturated rings. The van der Waals surface area contributed by atoms with Crippen LogP contribution in [0.5, 0.6) is 0 Å². The van der Waals surface area contributed by atoms with Crippen LogP contribution >= 0.6 is 11.3 Å². The number of aliphatic hydroxyl groups excluding tert-OH is 1. The Hall–Kier alpha value is -0.430. The lowest BCUT2D eigenvalue weighted by atomic mass is 10.1. The van der Waals surface area contributed by atoms with E-state index < -0.39 is 10.0 Å². The summed E-state index contributed by atoms with van der Waals surface area (Å²) in [4.78, 5) is 0.731. The second kappa shape index (κ2) is 4.84. The second-order valence-corrected chi connectivity index (χ2v) is 8.73. The van der Waals surface area contributed by atoms with Crippen LogP contribution in [0, 0.1) is 18.8 Å². The van der Waals surface area contributed by atoms with Crippen LogP contribution in [0.25, 0.3) is 0 Å². The average Bonchev–Trinajstić information content (AvgIpc) is 3.24. The summed E-state index contributed by atoms with van der Waals surface area (Å²) in [6, 6.07) is 1.79. The number of aryl methyl sites for hydroxylation is 1. The van der Waals surface area contributed by atoms with E-state index in [1.54, 1.807) is 6.07 Å². The lowest BCUT2D eigenvalue weighted by Gasteiger charge is -2.16. The molecule has 1 aromatic heterocycles. The Labute approximate surface area is 117 Å². The molecule has 0 atom stereocenters. The molecule has 0 amide bonds. The van der Waals surface area contributed by atoms with Gasteiger partial charge in [-0.25, -0.2) is 13.1 Å². The fourth-order valence-electron chi connectivity index (χ4n) is 2.50. The molecular weight excluding hydrogens is 282 g/mol. The Morgan fingerprint density at radius 2 is 1.95 bits per heavy atom. The van der Waals surface area contributed by atoms with Gasteiger partial charge in [-0.15, -0.1) is 11.3 Å². The lowest BCUT2D eigenvalue weighted by Crippen LogP contribution is -2.37. The molecule has 0 radical (unpaired) electrons. The molecule has 2 saturated carbocycles. The maximum atomic E-state index is 12.4. The molecule has 106 valence electrons. The minimum Gasteiger partial charge on any atom is -0.391 e. The summed E-state index contributed by atoms with van der Waals surface area (Å²) < 4.78 is 28.0. The van der Waals surface area contributed by atoms with Crippen LogP contribution in [0.2, 0.25) is 0 Å². The van der Waals surface area contributed by atoms with Crippen LogP contribution < -0.4 is 4.72 Å². The number of sulfonamides is 1. The van der Waals surface area contributed by atoms with Crippen LogP contribution in [0.3, 0.4) is 0 Å². The molecule has 0 aromatic carbocycles. The Balaban J connectivity index is 1.80. The van der Waals surface area contributed by atoms with Crippen LogP contribution in [0.15, 0.2) is 10.3 Å². The maximum absolute atomic E-state index is 12.4. The maximum Gasteiger partial charge on any atom is 0.250 e. The summed E-state index contributed by atoms with van der Waals surface area (Å²) in [6.07, 6.45) is 4.59. The summed E-state index contributed by atoms with van der Waals surface area (Å²) in [5.41, 5.74) is 0.849. The van der Waals surface area contributed by atoms with Gasteiger partial charge in [0.15, 0.2) is 0 Å². The molecule has 0 spiro atoms. The van der Waals surface area contributed by atoms with Crippen molar-refractivity contribution in [1.82, 2.24) is 4.72 Å². The van der Waals surface area contributed by atoms with Crippen molar-refractivity contribution in [2.75, 3.05) is 0 Å². The second-order valence-electron chi connectivity index (χ2n) is 5.65. The standard InChI is InChI=1S/C13H19NO3S2/c1-8-6-12(18-11(8)7-15)19(16,17)14-13(9-2-3-9)10-4-5-10/h6,9-10,13-15H,2-5,7H2,1H3. The molecule has 0 saturated heterocycles. The van der Waals surface area contributed by atoms with Crippen LogP contribution in [-0.2, 0) is 16.6 Å². The third-order valence-corrected chi connectivity index (χ3v) is 7.11. The first-order chi connectivity index (χ1) is 9.01. The van der Waals surface area contributed by atoms with Gasteiger partial charge >= 0.3 is 0 Å². The smallest absolute Gasteiger partial charge is 0.250 e. The van der Waals surface area contributed by atoms with E-state index in [2.05, 4.69) is 4.72 Å². The molecule has 1 heterocycles. The summed E-state index contributed by atoms with van der Waals surface area (Å²) in [7, 11) is -3.42. The number of nitrogens with one attached hydrogen (secondary N) is 1. The minimum atomic E-state index is -3.42. The number of rotatable bonds is 6. The van der Waals surface area contributed by atoms with Crippen molar-refractivity contribution in [2.45, 2.75) is 49.5 Å². The number of hydrogen-bond acceptors (Lipinski definition) is 4. The number of thiophene rings is 1. The summed E-state index contributed by atoms with van der Waals surface area (Å²) in [5, 5.41) is 9.17. The third-order valence-electron chi connectivity index (χ3n) is 3.96. The largest absolute Gasteiger partial charge is 0.391 e. The van der Waals surface area contributed by atoms with E-state index in [1.165, 1.54) is 11.3 Å². The molecule has 2 N–H and O–H groups in total. The van der Waals surface area contributed by atoms with Gasteiger partial charge in [0.2, 0.25) is 10.0 Å². The van der Waals surface area contributed by atoms with E-state index in [-0.39, 0.29) is 12.6 Å². The van der Waals surface area contributed by atoms with Gasteiger partial charge in [-0.1, -0.05) is 0 Å². The predicted octanol–water partition coefficient (Wildman–Crippen LogP) is 2.02. The van der Waals surface area contributed by atoms with Gasteiger partial charge in [0, 0.05) is 10.9 Å². The van der Waals surface area contributed by atoms with Crippen molar-refractivity contribution in [3.63, 3.8) is 0 Å². The Bertz CT molecular complexity index is 559. The van der Waals surface area contributed by atoms with E-state index in [4.69, 9.17) is 0 Å². The quantitative estimate of drug-likeness (QED) is 0.845. The zero-order chi connectivity index (χ0) is 13.6. The van der Waals surface area contributed by atoms with Crippen molar-refractivity contribution in [3.8, 4) is 0 Å². The monoisotopic (exact) mass is 301 g/mol. The van der Waals surface area contributed by atoms with Crippen molar-refractivity contribution in [2.24, 2.45) is 11.8 Å². The van der Waals surface area contributed by atoms with E-state index in [1.807, 2.05) is 6.92 Å². The molecule has 3 rings (SSSR count). The van der Waals surface area contributed by atoms with E-state index in [0.717, 1.165) is 36.1 Å². The molecule has 4 nitrogen and oxygen atoms in total. The first-order valence-corrected chi connectivity index (χ1v) is 9.03. The van der Waals surface area contributed by atoms with E-state index >= 15 is 0 Å². The van der Waals surface area contributed by atoms with Crippen molar-refractivity contribution in [3.05, 3.63) is 16.5 Å². The highest BCUT2D eigenvalue weighted by molar-refractivity contribution is 7.91. The fraction of sp³-hybridized carbons (Fsp3) is 0.692. The Morgan fingerprint density at radius 3 is 2.37 bits per heavy atom. The van der Waals surface area contributed by atoms with Crippen molar-refractivity contribution >= 4 is 21.4 Å². The molecule has 0 unspecified atom stereocenters. The van der Waals surface area contributed by atoms with Crippen LogP contribution in [-0.4, -0.2) is 19.6 Å². The van der Waals surface area contributed by atoms with Gasteiger partial charge in [0.25, 0.3) is 0 Å². The van der Waals surface area contributed by atoms with Crippen LogP contribution in [0.4, 0.5) is 0 Å². The first kappa shape index (κ1) is 13.5. The van der Waals surface area contributed by atoms with Gasteiger partial charge in [-0.3, -0.25) is 0 Å². The topological polar surface area (TPSA) is 66.4 Å². The van der Waals surface area contributed by atoms with Gasteiger partial charge in [0.1, 0.15) is 4.21 Å². The highest BCUT2D eigenvalue weighted by Crippen LogP contribution is 2.45. The summed E-state index contributed by atoms with van der Waals surface area (Å²) in [5.74, 6) is 1.08. The molecule has 19 heavy (non-hydrogen) atoms. The molecule has 1 aromatic rings. The average molecular weight is 301 g/mol. The molecule has 2 aliphatic rings. The van der Waals surface area contributed by atoms with E-state index in [0.29, 0.717) is 16.0 Å². The zero-order valence-electron chi connectivity index (χ0n) is 10.9.